The van der Waals surface area contributed by atoms with Gasteiger partial charge in [-0.3, -0.25) is 4.79 Å². The van der Waals surface area contributed by atoms with E-state index in [1.54, 1.807) is 0 Å². The second-order valence-corrected chi connectivity index (χ2v) is 6.66. The molecule has 1 spiro atoms. The Morgan fingerprint density at radius 2 is 1.95 bits per heavy atom. The molecule has 3 nitrogen and oxygen atoms in total. The first-order valence-corrected chi connectivity index (χ1v) is 7.86. The molecular weight excluding hydrogens is 248 g/mol. The Balaban J connectivity index is 1.71. The van der Waals surface area contributed by atoms with E-state index in [0.29, 0.717) is 11.8 Å². The fraction of sp³-hybridized carbons (Fsp3) is 0.588. The zero-order valence-corrected chi connectivity index (χ0v) is 11.9. The lowest BCUT2D eigenvalue weighted by Crippen LogP contribution is -2.52. The number of piperidine rings is 1. The number of fused-ring (bicyclic) bond motifs is 2. The predicted octanol–water partition coefficient (Wildman–Crippen LogP) is 2.06. The first-order chi connectivity index (χ1) is 9.78. The molecule has 0 aromatic heterocycles. The van der Waals surface area contributed by atoms with Crippen molar-refractivity contribution in [1.82, 2.24) is 10.2 Å². The Morgan fingerprint density at radius 1 is 1.20 bits per heavy atom. The van der Waals surface area contributed by atoms with Crippen molar-refractivity contribution in [2.45, 2.75) is 37.6 Å². The highest BCUT2D eigenvalue weighted by Crippen LogP contribution is 2.42. The van der Waals surface area contributed by atoms with Crippen molar-refractivity contribution in [1.29, 1.82) is 0 Å². The van der Waals surface area contributed by atoms with Crippen LogP contribution in [0.15, 0.2) is 24.3 Å². The normalized spacial score (nSPS) is 24.5. The lowest BCUT2D eigenvalue weighted by molar-refractivity contribution is -0.135. The van der Waals surface area contributed by atoms with E-state index in [2.05, 4.69) is 34.5 Å². The molecule has 0 radical (unpaired) electrons. The molecule has 3 aliphatic rings. The standard InChI is InChI=1S/C17H22N2O/c20-16(13-5-6-13)19-11-14-3-1-2-4-15(14)17(12-19)7-9-18-10-8-17/h1-4,13,18H,5-12H2. The van der Waals surface area contributed by atoms with Crippen LogP contribution in [0.25, 0.3) is 0 Å². The highest BCUT2D eigenvalue weighted by molar-refractivity contribution is 5.81. The van der Waals surface area contributed by atoms with E-state index in [4.69, 9.17) is 0 Å². The Hall–Kier alpha value is -1.35. The maximum atomic E-state index is 12.5. The average molecular weight is 270 g/mol. The number of amides is 1. The fourth-order valence-electron chi connectivity index (χ4n) is 3.96. The first-order valence-electron chi connectivity index (χ1n) is 7.86. The van der Waals surface area contributed by atoms with Crippen LogP contribution in [0.2, 0.25) is 0 Å². The summed E-state index contributed by atoms with van der Waals surface area (Å²) in [4.78, 5) is 14.7. The molecule has 1 aromatic carbocycles. The van der Waals surface area contributed by atoms with E-state index in [0.717, 1.165) is 51.9 Å². The molecule has 1 saturated heterocycles. The number of nitrogens with one attached hydrogen (secondary N) is 1. The monoisotopic (exact) mass is 270 g/mol. The number of hydrogen-bond acceptors (Lipinski definition) is 2. The van der Waals surface area contributed by atoms with Crippen LogP contribution in [0.5, 0.6) is 0 Å². The number of nitrogens with zero attached hydrogens (tertiary/aromatic N) is 1. The van der Waals surface area contributed by atoms with Crippen molar-refractivity contribution in [2.24, 2.45) is 5.92 Å². The van der Waals surface area contributed by atoms with Crippen LogP contribution in [-0.4, -0.2) is 30.4 Å². The molecule has 0 bridgehead atoms. The molecule has 3 heteroatoms. The van der Waals surface area contributed by atoms with Gasteiger partial charge in [0.2, 0.25) is 5.91 Å². The van der Waals surface area contributed by atoms with Crippen molar-refractivity contribution in [3.63, 3.8) is 0 Å². The van der Waals surface area contributed by atoms with Crippen LogP contribution >= 0.6 is 0 Å². The van der Waals surface area contributed by atoms with Gasteiger partial charge in [-0.15, -0.1) is 0 Å². The van der Waals surface area contributed by atoms with Gasteiger partial charge in [0.25, 0.3) is 0 Å². The van der Waals surface area contributed by atoms with Gasteiger partial charge in [0.05, 0.1) is 0 Å². The van der Waals surface area contributed by atoms with Gasteiger partial charge < -0.3 is 10.2 Å². The second kappa shape index (κ2) is 4.59. The third kappa shape index (κ3) is 1.96. The molecule has 2 fully saturated rings. The number of hydrogen-bond donors (Lipinski definition) is 1. The van der Waals surface area contributed by atoms with Crippen LogP contribution in [0.3, 0.4) is 0 Å². The van der Waals surface area contributed by atoms with Gasteiger partial charge in [0.15, 0.2) is 0 Å². The minimum Gasteiger partial charge on any atom is -0.337 e. The molecule has 1 saturated carbocycles. The maximum Gasteiger partial charge on any atom is 0.226 e. The van der Waals surface area contributed by atoms with Gasteiger partial charge in [-0.25, -0.2) is 0 Å². The zero-order valence-electron chi connectivity index (χ0n) is 11.9. The van der Waals surface area contributed by atoms with E-state index in [9.17, 15) is 4.79 Å². The summed E-state index contributed by atoms with van der Waals surface area (Å²) in [6, 6.07) is 8.77. The quantitative estimate of drug-likeness (QED) is 0.847. The Morgan fingerprint density at radius 3 is 2.70 bits per heavy atom. The Labute approximate surface area is 120 Å². The van der Waals surface area contributed by atoms with E-state index < -0.39 is 0 Å². The van der Waals surface area contributed by atoms with Crippen LogP contribution in [0.4, 0.5) is 0 Å². The third-order valence-corrected chi connectivity index (χ3v) is 5.24. The molecular formula is C17H22N2O. The fourth-order valence-corrected chi connectivity index (χ4v) is 3.96. The molecule has 0 atom stereocenters. The summed E-state index contributed by atoms with van der Waals surface area (Å²) < 4.78 is 0. The molecule has 4 rings (SSSR count). The first kappa shape index (κ1) is 12.4. The van der Waals surface area contributed by atoms with Gasteiger partial charge in [-0.1, -0.05) is 24.3 Å². The van der Waals surface area contributed by atoms with Gasteiger partial charge in [-0.2, -0.15) is 0 Å². The van der Waals surface area contributed by atoms with Crippen molar-refractivity contribution in [2.75, 3.05) is 19.6 Å². The number of carbonyl (C=O) groups is 1. The Bertz CT molecular complexity index is 530. The SMILES string of the molecule is O=C(C1CC1)N1Cc2ccccc2C2(CCNCC2)C1. The van der Waals surface area contributed by atoms with Crippen molar-refractivity contribution in [3.05, 3.63) is 35.4 Å². The second-order valence-electron chi connectivity index (χ2n) is 6.66. The number of benzene rings is 1. The third-order valence-electron chi connectivity index (χ3n) is 5.24. The van der Waals surface area contributed by atoms with E-state index >= 15 is 0 Å². The summed E-state index contributed by atoms with van der Waals surface area (Å²) in [6.45, 7) is 3.89. The minimum atomic E-state index is 0.199. The van der Waals surface area contributed by atoms with Gasteiger partial charge in [-0.05, 0) is 49.9 Å². The predicted molar refractivity (Wildman–Crippen MR) is 78.4 cm³/mol. The van der Waals surface area contributed by atoms with Crippen molar-refractivity contribution in [3.8, 4) is 0 Å². The highest BCUT2D eigenvalue weighted by atomic mass is 16.2. The largest absolute Gasteiger partial charge is 0.337 e. The topological polar surface area (TPSA) is 32.3 Å². The van der Waals surface area contributed by atoms with E-state index in [-0.39, 0.29) is 5.41 Å². The summed E-state index contributed by atoms with van der Waals surface area (Å²) in [5, 5.41) is 3.46. The van der Waals surface area contributed by atoms with Crippen molar-refractivity contribution >= 4 is 5.91 Å². The van der Waals surface area contributed by atoms with Gasteiger partial charge in [0, 0.05) is 24.4 Å². The molecule has 0 unspecified atom stereocenters. The summed E-state index contributed by atoms with van der Waals surface area (Å²) in [5.41, 5.74) is 3.07. The molecule has 2 heterocycles. The molecule has 1 amide bonds. The molecule has 20 heavy (non-hydrogen) atoms. The zero-order chi connectivity index (χ0) is 13.6. The average Bonchev–Trinajstić information content (AvgIpc) is 3.32. The summed E-state index contributed by atoms with van der Waals surface area (Å²) in [7, 11) is 0. The molecule has 1 aromatic rings. The molecule has 106 valence electrons. The smallest absolute Gasteiger partial charge is 0.226 e. The van der Waals surface area contributed by atoms with Crippen LogP contribution in [0.1, 0.15) is 36.8 Å². The molecule has 1 N–H and O–H groups in total. The Kier molecular flexibility index (Phi) is 2.84. The highest BCUT2D eigenvalue weighted by Gasteiger charge is 2.44. The minimum absolute atomic E-state index is 0.199. The van der Waals surface area contributed by atoms with Crippen LogP contribution < -0.4 is 5.32 Å². The number of carbonyl (C=O) groups excluding carboxylic acids is 1. The summed E-state index contributed by atoms with van der Waals surface area (Å²) in [5.74, 6) is 0.733. The van der Waals surface area contributed by atoms with E-state index in [1.165, 1.54) is 11.1 Å². The molecule has 1 aliphatic carbocycles. The van der Waals surface area contributed by atoms with Crippen molar-refractivity contribution < 1.29 is 4.79 Å². The van der Waals surface area contributed by atoms with Gasteiger partial charge in [0.1, 0.15) is 0 Å². The number of rotatable bonds is 1. The maximum absolute atomic E-state index is 12.5. The lowest BCUT2D eigenvalue weighted by atomic mass is 9.69. The van der Waals surface area contributed by atoms with Gasteiger partial charge >= 0.3 is 0 Å². The molecule has 2 aliphatic heterocycles. The van der Waals surface area contributed by atoms with Crippen LogP contribution in [0, 0.1) is 5.92 Å². The summed E-state index contributed by atoms with van der Waals surface area (Å²) >= 11 is 0. The summed E-state index contributed by atoms with van der Waals surface area (Å²) in [6.07, 6.45) is 4.51. The van der Waals surface area contributed by atoms with E-state index in [1.807, 2.05) is 0 Å². The van der Waals surface area contributed by atoms with Crippen LogP contribution in [-0.2, 0) is 16.8 Å². The lowest BCUT2D eigenvalue weighted by Gasteiger charge is -2.46.